The first-order valence-corrected chi connectivity index (χ1v) is 6.03. The second-order valence-electron chi connectivity index (χ2n) is 3.98. The lowest BCUT2D eigenvalue weighted by atomic mass is 9.98. The van der Waals surface area contributed by atoms with E-state index in [0.717, 1.165) is 12.1 Å². The fourth-order valence-electron chi connectivity index (χ4n) is 1.79. The maximum atomic E-state index is 13.6. The molecule has 1 unspecified atom stereocenters. The monoisotopic (exact) mass is 325 g/mol. The number of halogens is 5. The van der Waals surface area contributed by atoms with Crippen molar-refractivity contribution in [3.05, 3.63) is 29.1 Å². The van der Waals surface area contributed by atoms with Crippen molar-refractivity contribution in [3.63, 3.8) is 0 Å². The molecular formula is C11H8BrF4NO. The van der Waals surface area contributed by atoms with Gasteiger partial charge in [0.15, 0.2) is 0 Å². The van der Waals surface area contributed by atoms with Crippen LogP contribution in [0.25, 0.3) is 0 Å². The fraction of sp³-hybridized carbons (Fsp3) is 0.364. The van der Waals surface area contributed by atoms with Crippen LogP contribution in [0.4, 0.5) is 23.2 Å². The maximum Gasteiger partial charge on any atom is 0.405 e. The molecule has 0 bridgehead atoms. The third kappa shape index (κ3) is 2.50. The van der Waals surface area contributed by atoms with Crippen LogP contribution in [0.3, 0.4) is 0 Å². The van der Waals surface area contributed by atoms with Crippen molar-refractivity contribution >= 4 is 27.5 Å². The van der Waals surface area contributed by atoms with Crippen molar-refractivity contribution in [2.24, 2.45) is 0 Å². The van der Waals surface area contributed by atoms with Crippen molar-refractivity contribution in [2.45, 2.75) is 23.8 Å². The molecule has 0 aliphatic carbocycles. The molecule has 2 rings (SSSR count). The zero-order valence-electron chi connectivity index (χ0n) is 8.94. The molecule has 1 aromatic rings. The smallest absolute Gasteiger partial charge is 0.326 e. The Morgan fingerprint density at radius 1 is 1.28 bits per heavy atom. The lowest BCUT2D eigenvalue weighted by molar-refractivity contribution is -0.128. The van der Waals surface area contributed by atoms with Gasteiger partial charge in [-0.2, -0.15) is 13.2 Å². The van der Waals surface area contributed by atoms with Gasteiger partial charge in [-0.1, -0.05) is 15.9 Å². The highest BCUT2D eigenvalue weighted by Crippen LogP contribution is 2.42. The van der Waals surface area contributed by atoms with Crippen LogP contribution in [0.1, 0.15) is 22.4 Å². The first kappa shape index (κ1) is 13.3. The third-order valence-corrected chi connectivity index (χ3v) is 3.69. The van der Waals surface area contributed by atoms with Gasteiger partial charge in [0, 0.05) is 17.7 Å². The Morgan fingerprint density at radius 2 is 1.94 bits per heavy atom. The van der Waals surface area contributed by atoms with Crippen LogP contribution in [0, 0.1) is 5.82 Å². The Labute approximate surface area is 108 Å². The minimum absolute atomic E-state index is 0.192. The molecule has 1 aliphatic heterocycles. The maximum absolute atomic E-state index is 13.6. The number of hydrogen-bond donors (Lipinski definition) is 1. The molecule has 1 heterocycles. The quantitative estimate of drug-likeness (QED) is 0.619. The van der Waals surface area contributed by atoms with Gasteiger partial charge in [-0.15, -0.1) is 0 Å². The SMILES string of the molecule is O=C1CCc2cc(C(Br)C(F)(F)F)c(F)cc2N1. The van der Waals surface area contributed by atoms with Gasteiger partial charge in [0.1, 0.15) is 10.6 Å². The van der Waals surface area contributed by atoms with E-state index in [1.165, 1.54) is 0 Å². The van der Waals surface area contributed by atoms with Gasteiger partial charge < -0.3 is 5.32 Å². The molecule has 0 fully saturated rings. The predicted molar refractivity (Wildman–Crippen MR) is 61.1 cm³/mol. The summed E-state index contributed by atoms with van der Waals surface area (Å²) in [6.45, 7) is 0. The summed E-state index contributed by atoms with van der Waals surface area (Å²) in [6.07, 6.45) is -4.06. The molecule has 1 aliphatic rings. The molecule has 0 saturated carbocycles. The number of hydrogen-bond acceptors (Lipinski definition) is 1. The average Bonchev–Trinajstić information content (AvgIpc) is 2.25. The van der Waals surface area contributed by atoms with Gasteiger partial charge in [0.05, 0.1) is 0 Å². The van der Waals surface area contributed by atoms with Gasteiger partial charge in [-0.25, -0.2) is 4.39 Å². The summed E-state index contributed by atoms with van der Waals surface area (Å²) in [5, 5.41) is 2.43. The first-order chi connectivity index (χ1) is 8.29. The van der Waals surface area contributed by atoms with Crippen molar-refractivity contribution < 1.29 is 22.4 Å². The second-order valence-corrected chi connectivity index (χ2v) is 4.90. The number of rotatable bonds is 1. The summed E-state index contributed by atoms with van der Waals surface area (Å²) in [5.41, 5.74) is 0.298. The average molecular weight is 326 g/mol. The molecule has 7 heteroatoms. The fourth-order valence-corrected chi connectivity index (χ4v) is 2.14. The van der Waals surface area contributed by atoms with E-state index in [1.54, 1.807) is 0 Å². The van der Waals surface area contributed by atoms with Gasteiger partial charge in [0.25, 0.3) is 0 Å². The van der Waals surface area contributed by atoms with E-state index in [1.807, 2.05) is 0 Å². The number of aryl methyl sites for hydroxylation is 1. The Morgan fingerprint density at radius 3 is 2.56 bits per heavy atom. The van der Waals surface area contributed by atoms with Crippen molar-refractivity contribution in [3.8, 4) is 0 Å². The van der Waals surface area contributed by atoms with Crippen LogP contribution in [0.5, 0.6) is 0 Å². The predicted octanol–water partition coefficient (Wildman–Crippen LogP) is 3.71. The van der Waals surface area contributed by atoms with E-state index in [-0.39, 0.29) is 18.0 Å². The first-order valence-electron chi connectivity index (χ1n) is 5.12. The topological polar surface area (TPSA) is 29.1 Å². The summed E-state index contributed by atoms with van der Waals surface area (Å²) in [6, 6.07) is 2.08. The molecule has 98 valence electrons. The second kappa shape index (κ2) is 4.53. The van der Waals surface area contributed by atoms with E-state index in [2.05, 4.69) is 21.2 Å². The molecule has 18 heavy (non-hydrogen) atoms. The number of benzene rings is 1. The summed E-state index contributed by atoms with van der Waals surface area (Å²) in [4.78, 5) is 9.04. The van der Waals surface area contributed by atoms with E-state index in [4.69, 9.17) is 0 Å². The molecule has 0 radical (unpaired) electrons. The van der Waals surface area contributed by atoms with Crippen LogP contribution in [-0.2, 0) is 11.2 Å². The number of carbonyl (C=O) groups is 1. The number of alkyl halides is 4. The third-order valence-electron chi connectivity index (χ3n) is 2.68. The molecule has 1 N–H and O–H groups in total. The lowest BCUT2D eigenvalue weighted by Crippen LogP contribution is -2.21. The Hall–Kier alpha value is -1.11. The molecule has 0 saturated heterocycles. The van der Waals surface area contributed by atoms with Crippen LogP contribution >= 0.6 is 15.9 Å². The minimum Gasteiger partial charge on any atom is -0.326 e. The Balaban J connectivity index is 2.43. The van der Waals surface area contributed by atoms with Crippen LogP contribution in [0.2, 0.25) is 0 Å². The standard InChI is InChI=1S/C11H8BrF4NO/c12-10(11(14,15)16)6-3-5-1-2-9(18)17-8(5)4-7(6)13/h3-4,10H,1-2H2,(H,17,18). The molecule has 1 aromatic carbocycles. The van der Waals surface area contributed by atoms with E-state index < -0.39 is 22.4 Å². The summed E-state index contributed by atoms with van der Waals surface area (Å²) >= 11 is 2.44. The summed E-state index contributed by atoms with van der Waals surface area (Å²) in [5.74, 6) is -1.25. The summed E-state index contributed by atoms with van der Waals surface area (Å²) in [7, 11) is 0. The van der Waals surface area contributed by atoms with Crippen molar-refractivity contribution in [1.82, 2.24) is 0 Å². The minimum atomic E-state index is -4.56. The van der Waals surface area contributed by atoms with E-state index >= 15 is 0 Å². The van der Waals surface area contributed by atoms with Crippen molar-refractivity contribution in [1.29, 1.82) is 0 Å². The van der Waals surface area contributed by atoms with Gasteiger partial charge in [-0.05, 0) is 24.1 Å². The number of anilines is 1. The number of nitrogens with one attached hydrogen (secondary N) is 1. The largest absolute Gasteiger partial charge is 0.405 e. The number of amides is 1. The van der Waals surface area contributed by atoms with E-state index in [9.17, 15) is 22.4 Å². The highest BCUT2D eigenvalue weighted by atomic mass is 79.9. The van der Waals surface area contributed by atoms with E-state index in [0.29, 0.717) is 12.0 Å². The van der Waals surface area contributed by atoms with Crippen LogP contribution in [-0.4, -0.2) is 12.1 Å². The number of fused-ring (bicyclic) bond motifs is 1. The molecule has 1 atom stereocenters. The number of carbonyl (C=O) groups excluding carboxylic acids is 1. The molecule has 1 amide bonds. The highest BCUT2D eigenvalue weighted by molar-refractivity contribution is 9.09. The molecule has 0 spiro atoms. The molecular weight excluding hydrogens is 318 g/mol. The van der Waals surface area contributed by atoms with Crippen molar-refractivity contribution in [2.75, 3.05) is 5.32 Å². The normalized spacial score (nSPS) is 17.1. The molecule has 0 aromatic heterocycles. The van der Waals surface area contributed by atoms with Gasteiger partial charge >= 0.3 is 6.18 Å². The van der Waals surface area contributed by atoms with Crippen LogP contribution in [0.15, 0.2) is 12.1 Å². The van der Waals surface area contributed by atoms with Gasteiger partial charge in [0.2, 0.25) is 5.91 Å². The zero-order valence-corrected chi connectivity index (χ0v) is 10.5. The van der Waals surface area contributed by atoms with Crippen LogP contribution < -0.4 is 5.32 Å². The Bertz CT molecular complexity index is 501. The zero-order chi connectivity index (χ0) is 13.5. The molecule has 2 nitrogen and oxygen atoms in total. The van der Waals surface area contributed by atoms with Gasteiger partial charge in [-0.3, -0.25) is 4.79 Å². The Kier molecular flexibility index (Phi) is 3.35. The summed E-state index contributed by atoms with van der Waals surface area (Å²) < 4.78 is 51.2. The lowest BCUT2D eigenvalue weighted by Gasteiger charge is -2.21. The highest BCUT2D eigenvalue weighted by Gasteiger charge is 2.40.